The Kier molecular flexibility index (Phi) is 40.6. The summed E-state index contributed by atoms with van der Waals surface area (Å²) in [7, 11) is 0. The van der Waals surface area contributed by atoms with Gasteiger partial charge in [-0.1, -0.05) is 164 Å². The van der Waals surface area contributed by atoms with Gasteiger partial charge in [0.25, 0.3) is 0 Å². The van der Waals surface area contributed by atoms with Crippen molar-refractivity contribution in [3.05, 3.63) is 85.1 Å². The minimum absolute atomic E-state index is 0.110. The number of carbonyl (C=O) groups is 3. The molecule has 0 heterocycles. The van der Waals surface area contributed by atoms with E-state index in [0.29, 0.717) is 19.3 Å². The first-order valence-corrected chi connectivity index (χ1v) is 22.1. The molecule has 0 aromatic heterocycles. The van der Waals surface area contributed by atoms with Crippen molar-refractivity contribution in [3.8, 4) is 0 Å². The molecule has 0 rings (SSSR count). The molecule has 0 aromatic carbocycles. The summed E-state index contributed by atoms with van der Waals surface area (Å²) in [4.78, 5) is 37.6. The van der Waals surface area contributed by atoms with Crippen molar-refractivity contribution in [3.63, 3.8) is 0 Å². The third-order valence-electron chi connectivity index (χ3n) is 8.87. The maximum Gasteiger partial charge on any atom is 0.306 e. The number of ether oxygens (including phenoxy) is 3. The average molecular weight is 765 g/mol. The van der Waals surface area contributed by atoms with E-state index in [-0.39, 0.29) is 37.5 Å². The summed E-state index contributed by atoms with van der Waals surface area (Å²) in [6.07, 6.45) is 54.4. The van der Waals surface area contributed by atoms with Crippen LogP contribution in [-0.2, 0) is 28.6 Å². The molecule has 0 bridgehead atoms. The van der Waals surface area contributed by atoms with Crippen LogP contribution < -0.4 is 0 Å². The van der Waals surface area contributed by atoms with Crippen LogP contribution >= 0.6 is 0 Å². The first-order chi connectivity index (χ1) is 27.0. The Bertz CT molecular complexity index is 1110. The molecular weight excluding hydrogens is 685 g/mol. The van der Waals surface area contributed by atoms with Crippen molar-refractivity contribution in [2.24, 2.45) is 0 Å². The van der Waals surface area contributed by atoms with E-state index in [0.717, 1.165) is 103 Å². The summed E-state index contributed by atoms with van der Waals surface area (Å²) in [5, 5.41) is 0. The van der Waals surface area contributed by atoms with Crippen LogP contribution in [0.4, 0.5) is 0 Å². The number of rotatable bonds is 38. The van der Waals surface area contributed by atoms with Gasteiger partial charge in [-0.3, -0.25) is 14.4 Å². The van der Waals surface area contributed by atoms with Crippen molar-refractivity contribution in [2.45, 2.75) is 194 Å². The second-order valence-electron chi connectivity index (χ2n) is 14.2. The van der Waals surface area contributed by atoms with Crippen LogP contribution in [0, 0.1) is 0 Å². The molecule has 6 heteroatoms. The van der Waals surface area contributed by atoms with Crippen LogP contribution in [0.3, 0.4) is 0 Å². The second kappa shape index (κ2) is 43.3. The van der Waals surface area contributed by atoms with Gasteiger partial charge >= 0.3 is 17.9 Å². The Balaban J connectivity index is 4.52. The lowest BCUT2D eigenvalue weighted by Crippen LogP contribution is -2.30. The SMILES string of the molecule is CC/C=C\C/C=C\C/C=C\C/C=C\C/C=C\CCC(=O)OCC(COC(=O)CCCCCC/C=C\CCCC)OC(=O)CCCCCCC/C=C\CCCC. The summed E-state index contributed by atoms with van der Waals surface area (Å²) >= 11 is 0. The topological polar surface area (TPSA) is 78.9 Å². The van der Waals surface area contributed by atoms with Gasteiger partial charge in [-0.15, -0.1) is 0 Å². The number of esters is 3. The van der Waals surface area contributed by atoms with E-state index in [4.69, 9.17) is 14.2 Å². The molecule has 1 unspecified atom stereocenters. The second-order valence-corrected chi connectivity index (χ2v) is 14.2. The molecule has 0 fully saturated rings. The van der Waals surface area contributed by atoms with Gasteiger partial charge in [0.2, 0.25) is 0 Å². The third-order valence-corrected chi connectivity index (χ3v) is 8.87. The molecule has 312 valence electrons. The van der Waals surface area contributed by atoms with Gasteiger partial charge in [-0.05, 0) is 89.9 Å². The lowest BCUT2D eigenvalue weighted by atomic mass is 10.1. The molecule has 55 heavy (non-hydrogen) atoms. The van der Waals surface area contributed by atoms with Gasteiger partial charge < -0.3 is 14.2 Å². The van der Waals surface area contributed by atoms with Crippen molar-refractivity contribution >= 4 is 17.9 Å². The molecule has 1 atom stereocenters. The van der Waals surface area contributed by atoms with E-state index in [2.05, 4.69) is 93.7 Å². The molecule has 6 nitrogen and oxygen atoms in total. The van der Waals surface area contributed by atoms with E-state index in [1.165, 1.54) is 38.5 Å². The van der Waals surface area contributed by atoms with Crippen molar-refractivity contribution in [1.82, 2.24) is 0 Å². The summed E-state index contributed by atoms with van der Waals surface area (Å²) in [6, 6.07) is 0. The van der Waals surface area contributed by atoms with Crippen LogP contribution in [0.25, 0.3) is 0 Å². The number of hydrogen-bond acceptors (Lipinski definition) is 6. The number of hydrogen-bond donors (Lipinski definition) is 0. The fourth-order valence-corrected chi connectivity index (χ4v) is 5.51. The standard InChI is InChI=1S/C49H80O6/c1-4-7-10-13-16-19-22-23-24-25-26-28-30-33-36-39-42-48(51)54-45-46(44-53-47(50)41-38-35-32-29-21-18-15-12-9-6-3)55-49(52)43-40-37-34-31-27-20-17-14-11-8-5-2/h7,10,14-19,23-24,26,28,33,36,46H,4-6,8-9,11-13,20-22,25,27,29-32,34-35,37-45H2,1-3H3/b10-7-,17-14-,18-15-,19-16-,24-23-,28-26-,36-33-. The molecular formula is C49H80O6. The molecule has 0 saturated carbocycles. The van der Waals surface area contributed by atoms with E-state index >= 15 is 0 Å². The van der Waals surface area contributed by atoms with Gasteiger partial charge in [-0.2, -0.15) is 0 Å². The Hall–Kier alpha value is -3.41. The fraction of sp³-hybridized carbons (Fsp3) is 0.653. The Labute approximate surface area is 337 Å². The summed E-state index contributed by atoms with van der Waals surface area (Å²) in [5.41, 5.74) is 0. The smallest absolute Gasteiger partial charge is 0.306 e. The zero-order valence-electron chi connectivity index (χ0n) is 35.4. The maximum atomic E-state index is 12.7. The molecule has 0 aliphatic rings. The van der Waals surface area contributed by atoms with Gasteiger partial charge in [0, 0.05) is 19.3 Å². The first-order valence-electron chi connectivity index (χ1n) is 22.1. The van der Waals surface area contributed by atoms with Gasteiger partial charge in [0.1, 0.15) is 13.2 Å². The van der Waals surface area contributed by atoms with Gasteiger partial charge in [0.05, 0.1) is 0 Å². The van der Waals surface area contributed by atoms with E-state index < -0.39 is 6.10 Å². The third kappa shape index (κ3) is 41.6. The zero-order valence-corrected chi connectivity index (χ0v) is 35.4. The first kappa shape index (κ1) is 51.6. The number of unbranched alkanes of at least 4 members (excludes halogenated alkanes) is 13. The van der Waals surface area contributed by atoms with Crippen LogP contribution in [0.15, 0.2) is 85.1 Å². The molecule has 0 amide bonds. The highest BCUT2D eigenvalue weighted by atomic mass is 16.6. The van der Waals surface area contributed by atoms with Crippen LogP contribution in [0.2, 0.25) is 0 Å². The Morgan fingerprint density at radius 2 is 0.745 bits per heavy atom. The quantitative estimate of drug-likeness (QED) is 0.0270. The summed E-state index contributed by atoms with van der Waals surface area (Å²) in [6.45, 7) is 6.32. The molecule has 0 saturated heterocycles. The van der Waals surface area contributed by atoms with Gasteiger partial charge in [-0.25, -0.2) is 0 Å². The highest BCUT2D eigenvalue weighted by molar-refractivity contribution is 5.71. The molecule has 0 N–H and O–H groups in total. The van der Waals surface area contributed by atoms with E-state index in [9.17, 15) is 14.4 Å². The molecule has 0 aromatic rings. The normalized spacial score (nSPS) is 12.9. The Morgan fingerprint density at radius 1 is 0.382 bits per heavy atom. The zero-order chi connectivity index (χ0) is 40.1. The summed E-state index contributed by atoms with van der Waals surface area (Å²) < 4.78 is 16.6. The summed E-state index contributed by atoms with van der Waals surface area (Å²) in [5.74, 6) is -1.03. The van der Waals surface area contributed by atoms with Crippen LogP contribution in [0.5, 0.6) is 0 Å². The van der Waals surface area contributed by atoms with E-state index in [1.807, 2.05) is 12.2 Å². The van der Waals surface area contributed by atoms with Gasteiger partial charge in [0.15, 0.2) is 6.10 Å². The maximum absolute atomic E-state index is 12.7. The molecule has 0 aliphatic heterocycles. The van der Waals surface area contributed by atoms with Crippen molar-refractivity contribution in [1.29, 1.82) is 0 Å². The minimum atomic E-state index is -0.812. The van der Waals surface area contributed by atoms with Crippen LogP contribution in [-0.4, -0.2) is 37.2 Å². The predicted molar refractivity (Wildman–Crippen MR) is 233 cm³/mol. The molecule has 0 aliphatic carbocycles. The van der Waals surface area contributed by atoms with Crippen LogP contribution in [0.1, 0.15) is 188 Å². The fourth-order valence-electron chi connectivity index (χ4n) is 5.51. The number of carbonyl (C=O) groups excluding carboxylic acids is 3. The number of allylic oxidation sites excluding steroid dienone is 14. The Morgan fingerprint density at radius 3 is 1.22 bits per heavy atom. The molecule has 0 spiro atoms. The van der Waals surface area contributed by atoms with Crippen molar-refractivity contribution in [2.75, 3.05) is 13.2 Å². The highest BCUT2D eigenvalue weighted by Crippen LogP contribution is 2.12. The molecule has 0 radical (unpaired) electrons. The average Bonchev–Trinajstić information content (AvgIpc) is 3.18. The minimum Gasteiger partial charge on any atom is -0.462 e. The highest BCUT2D eigenvalue weighted by Gasteiger charge is 2.19. The van der Waals surface area contributed by atoms with Crippen molar-refractivity contribution < 1.29 is 28.6 Å². The van der Waals surface area contributed by atoms with E-state index in [1.54, 1.807) is 0 Å². The monoisotopic (exact) mass is 765 g/mol. The lowest BCUT2D eigenvalue weighted by molar-refractivity contribution is -0.166. The lowest BCUT2D eigenvalue weighted by Gasteiger charge is -2.18. The largest absolute Gasteiger partial charge is 0.462 e. The predicted octanol–water partition coefficient (Wildman–Crippen LogP) is 14.1.